The molecule has 0 saturated heterocycles. The first-order valence-electron chi connectivity index (χ1n) is 6.93. The predicted molar refractivity (Wildman–Crippen MR) is 84.1 cm³/mol. The zero-order chi connectivity index (χ0) is 19.5. The summed E-state index contributed by atoms with van der Waals surface area (Å²) in [5.74, 6) is -4.16. The maximum absolute atomic E-state index is 14.0. The summed E-state index contributed by atoms with van der Waals surface area (Å²) >= 11 is 0. The highest BCUT2D eigenvalue weighted by molar-refractivity contribution is 7.89. The van der Waals surface area contributed by atoms with Gasteiger partial charge in [-0.15, -0.1) is 0 Å². The smallest absolute Gasteiger partial charge is 0.267 e. The van der Waals surface area contributed by atoms with Crippen LogP contribution < -0.4 is 9.46 Å². The summed E-state index contributed by atoms with van der Waals surface area (Å²) < 4.78 is 70.0. The highest BCUT2D eigenvalue weighted by Gasteiger charge is 2.19. The predicted octanol–water partition coefficient (Wildman–Crippen LogP) is 2.24. The fourth-order valence-electron chi connectivity index (χ4n) is 1.94. The molecule has 2 aromatic carbocycles. The third-order valence-corrected chi connectivity index (χ3v) is 3.67. The van der Waals surface area contributed by atoms with Crippen LogP contribution >= 0.6 is 0 Å². The van der Waals surface area contributed by atoms with Gasteiger partial charge in [0.2, 0.25) is 10.0 Å². The second-order valence-electron chi connectivity index (χ2n) is 5.17. The Kier molecular flexibility index (Phi) is 5.52. The SMILES string of the molecule is CS(=O)(=O)NC(=O)c1cc(F)c(COc2ccc(F)c(C#N)c2)cc1F. The highest BCUT2D eigenvalue weighted by Crippen LogP contribution is 2.20. The van der Waals surface area contributed by atoms with E-state index in [-0.39, 0.29) is 16.9 Å². The first kappa shape index (κ1) is 19.3. The van der Waals surface area contributed by atoms with Gasteiger partial charge < -0.3 is 4.74 Å². The minimum absolute atomic E-state index is 0.0571. The molecule has 0 spiro atoms. The molecule has 2 aromatic rings. The summed E-state index contributed by atoms with van der Waals surface area (Å²) in [4.78, 5) is 11.6. The lowest BCUT2D eigenvalue weighted by molar-refractivity contribution is 0.0977. The molecule has 0 aliphatic rings. The van der Waals surface area contributed by atoms with Gasteiger partial charge in [-0.05, 0) is 24.3 Å². The van der Waals surface area contributed by atoms with Gasteiger partial charge in [0.05, 0.1) is 17.4 Å². The number of rotatable bonds is 5. The number of benzene rings is 2. The summed E-state index contributed by atoms with van der Waals surface area (Å²) in [5, 5.41) is 8.74. The number of amides is 1. The van der Waals surface area contributed by atoms with Gasteiger partial charge >= 0.3 is 0 Å². The van der Waals surface area contributed by atoms with E-state index in [0.29, 0.717) is 18.4 Å². The molecule has 0 radical (unpaired) electrons. The summed E-state index contributed by atoms with van der Waals surface area (Å²) in [6, 6.07) is 6.12. The molecular formula is C16H11F3N2O4S. The topological polar surface area (TPSA) is 96.3 Å². The first-order valence-corrected chi connectivity index (χ1v) is 8.82. The number of nitriles is 1. The van der Waals surface area contributed by atoms with Crippen molar-refractivity contribution < 1.29 is 31.1 Å². The van der Waals surface area contributed by atoms with E-state index in [2.05, 4.69) is 0 Å². The highest BCUT2D eigenvalue weighted by atomic mass is 32.2. The van der Waals surface area contributed by atoms with Crippen LogP contribution in [-0.2, 0) is 16.6 Å². The summed E-state index contributed by atoms with van der Waals surface area (Å²) in [6.07, 6.45) is 0.694. The summed E-state index contributed by atoms with van der Waals surface area (Å²) in [7, 11) is -3.94. The van der Waals surface area contributed by atoms with Gasteiger partial charge in [-0.2, -0.15) is 5.26 Å². The maximum Gasteiger partial charge on any atom is 0.267 e. The molecule has 0 unspecified atom stereocenters. The zero-order valence-electron chi connectivity index (χ0n) is 13.2. The molecule has 136 valence electrons. The molecule has 0 atom stereocenters. The number of ether oxygens (including phenoxy) is 1. The van der Waals surface area contributed by atoms with Crippen molar-refractivity contribution in [3.05, 3.63) is 64.5 Å². The van der Waals surface area contributed by atoms with Gasteiger partial charge in [0, 0.05) is 11.6 Å². The largest absolute Gasteiger partial charge is 0.489 e. The van der Waals surface area contributed by atoms with Crippen molar-refractivity contribution in [2.75, 3.05) is 6.26 Å². The first-order chi connectivity index (χ1) is 12.1. The minimum Gasteiger partial charge on any atom is -0.489 e. The Morgan fingerprint density at radius 2 is 1.85 bits per heavy atom. The van der Waals surface area contributed by atoms with Crippen molar-refractivity contribution in [1.82, 2.24) is 4.72 Å². The van der Waals surface area contributed by atoms with Crippen molar-refractivity contribution in [1.29, 1.82) is 5.26 Å². The molecule has 0 bridgehead atoms. The van der Waals surface area contributed by atoms with Crippen LogP contribution in [0.3, 0.4) is 0 Å². The van der Waals surface area contributed by atoms with Crippen LogP contribution in [0.4, 0.5) is 13.2 Å². The van der Waals surface area contributed by atoms with Crippen LogP contribution in [-0.4, -0.2) is 20.6 Å². The minimum atomic E-state index is -3.94. The van der Waals surface area contributed by atoms with Crippen molar-refractivity contribution >= 4 is 15.9 Å². The fourth-order valence-corrected chi connectivity index (χ4v) is 2.38. The van der Waals surface area contributed by atoms with Gasteiger partial charge in [-0.3, -0.25) is 4.79 Å². The number of hydrogen-bond acceptors (Lipinski definition) is 5. The molecule has 0 fully saturated rings. The van der Waals surface area contributed by atoms with Crippen molar-refractivity contribution in [3.63, 3.8) is 0 Å². The van der Waals surface area contributed by atoms with E-state index >= 15 is 0 Å². The van der Waals surface area contributed by atoms with E-state index in [9.17, 15) is 26.4 Å². The third kappa shape index (κ3) is 4.73. The maximum atomic E-state index is 14.0. The van der Waals surface area contributed by atoms with E-state index in [1.807, 2.05) is 0 Å². The van der Waals surface area contributed by atoms with E-state index in [1.54, 1.807) is 6.07 Å². The zero-order valence-corrected chi connectivity index (χ0v) is 14.0. The van der Waals surface area contributed by atoms with Crippen LogP contribution in [0.5, 0.6) is 5.75 Å². The van der Waals surface area contributed by atoms with Gasteiger partial charge in [0.1, 0.15) is 35.9 Å². The summed E-state index contributed by atoms with van der Waals surface area (Å²) in [5.41, 5.74) is -1.33. The van der Waals surface area contributed by atoms with Gasteiger partial charge in [-0.1, -0.05) is 0 Å². The second-order valence-corrected chi connectivity index (χ2v) is 6.92. The normalized spacial score (nSPS) is 10.9. The van der Waals surface area contributed by atoms with Crippen LogP contribution in [0.2, 0.25) is 0 Å². The molecular weight excluding hydrogens is 373 g/mol. The van der Waals surface area contributed by atoms with Gasteiger partial charge in [-0.25, -0.2) is 26.3 Å². The van der Waals surface area contributed by atoms with Gasteiger partial charge in [0.15, 0.2) is 0 Å². The Bertz CT molecular complexity index is 1020. The molecule has 0 heterocycles. The lowest BCUT2D eigenvalue weighted by Crippen LogP contribution is -2.30. The van der Waals surface area contributed by atoms with E-state index in [0.717, 1.165) is 12.1 Å². The van der Waals surface area contributed by atoms with Crippen LogP contribution in [0.1, 0.15) is 21.5 Å². The number of sulfonamides is 1. The number of nitrogens with one attached hydrogen (secondary N) is 1. The molecule has 6 nitrogen and oxygen atoms in total. The number of nitrogens with zero attached hydrogens (tertiary/aromatic N) is 1. The molecule has 1 amide bonds. The fraction of sp³-hybridized carbons (Fsp3) is 0.125. The molecule has 0 aliphatic carbocycles. The molecule has 0 aliphatic heterocycles. The average molecular weight is 384 g/mol. The molecule has 0 aromatic heterocycles. The third-order valence-electron chi connectivity index (χ3n) is 3.11. The number of carbonyl (C=O) groups is 1. The lowest BCUT2D eigenvalue weighted by Gasteiger charge is -2.10. The monoisotopic (exact) mass is 384 g/mol. The number of hydrogen-bond donors (Lipinski definition) is 1. The second kappa shape index (κ2) is 7.45. The molecule has 0 saturated carbocycles. The van der Waals surface area contributed by atoms with Crippen LogP contribution in [0.15, 0.2) is 30.3 Å². The van der Waals surface area contributed by atoms with Crippen molar-refractivity contribution in [2.24, 2.45) is 0 Å². The Labute approximate surface area is 146 Å². The van der Waals surface area contributed by atoms with Crippen molar-refractivity contribution in [2.45, 2.75) is 6.61 Å². The standard InChI is InChI=1S/C16H11F3N2O4S/c1-26(23,24)21-16(22)12-6-14(18)10(5-15(12)19)8-25-11-2-3-13(17)9(4-11)7-20/h2-6H,8H2,1H3,(H,21,22). The van der Waals surface area contributed by atoms with Gasteiger partial charge in [0.25, 0.3) is 5.91 Å². The van der Waals surface area contributed by atoms with E-state index < -0.39 is 45.6 Å². The lowest BCUT2D eigenvalue weighted by atomic mass is 10.1. The number of carbonyl (C=O) groups excluding carboxylic acids is 1. The Hall–Kier alpha value is -3.06. The molecule has 26 heavy (non-hydrogen) atoms. The van der Waals surface area contributed by atoms with E-state index in [4.69, 9.17) is 10.00 Å². The van der Waals surface area contributed by atoms with Crippen LogP contribution in [0.25, 0.3) is 0 Å². The Balaban J connectivity index is 2.20. The average Bonchev–Trinajstić information content (AvgIpc) is 2.54. The Morgan fingerprint density at radius 1 is 1.15 bits per heavy atom. The molecule has 1 N–H and O–H groups in total. The Morgan fingerprint density at radius 3 is 2.46 bits per heavy atom. The molecule has 10 heteroatoms. The van der Waals surface area contributed by atoms with Crippen LogP contribution in [0, 0.1) is 28.8 Å². The van der Waals surface area contributed by atoms with Crippen molar-refractivity contribution in [3.8, 4) is 11.8 Å². The van der Waals surface area contributed by atoms with E-state index in [1.165, 1.54) is 10.8 Å². The quantitative estimate of drug-likeness (QED) is 0.853. The number of halogens is 3. The summed E-state index contributed by atoms with van der Waals surface area (Å²) in [6.45, 7) is -0.465. The molecule has 2 rings (SSSR count).